The zero-order chi connectivity index (χ0) is 50.1. The van der Waals surface area contributed by atoms with Gasteiger partial charge in [-0.1, -0.05) is 48.5 Å². The van der Waals surface area contributed by atoms with Crippen molar-refractivity contribution in [3.8, 4) is 28.5 Å². The van der Waals surface area contributed by atoms with Crippen molar-refractivity contribution < 1.29 is 47.9 Å². The molecular formula is C54H69N7O10. The number of hydrogen-bond acceptors (Lipinski definition) is 15. The molecule has 0 bridgehead atoms. The van der Waals surface area contributed by atoms with Gasteiger partial charge in [0.25, 0.3) is 5.91 Å². The number of imide groups is 1. The summed E-state index contributed by atoms with van der Waals surface area (Å²) in [5, 5.41) is 18.5. The lowest BCUT2D eigenvalue weighted by atomic mass is 9.78. The van der Waals surface area contributed by atoms with Crippen LogP contribution in [0.5, 0.6) is 17.2 Å². The Morgan fingerprint density at radius 3 is 2.03 bits per heavy atom. The van der Waals surface area contributed by atoms with E-state index in [4.69, 9.17) is 38.9 Å². The van der Waals surface area contributed by atoms with E-state index in [9.17, 15) is 14.7 Å². The number of ether oxygens (including phenoxy) is 7. The molecule has 71 heavy (non-hydrogen) atoms. The van der Waals surface area contributed by atoms with E-state index in [1.54, 1.807) is 17.9 Å². The number of aryl methyl sites for hydroxylation is 2. The predicted octanol–water partition coefficient (Wildman–Crippen LogP) is 6.77. The number of aliphatic hydroxyl groups excluding tert-OH is 1. The quantitative estimate of drug-likeness (QED) is 0.0279. The van der Waals surface area contributed by atoms with E-state index in [-0.39, 0.29) is 25.0 Å². The average Bonchev–Trinajstić information content (AvgIpc) is 3.87. The third-order valence-corrected chi connectivity index (χ3v) is 12.3. The highest BCUT2D eigenvalue weighted by atomic mass is 16.5. The SMILES string of the molecule is CCCOCCOCCN(CCOCCO)c1ccc(C)cc1OCCN(CCOc1cc(C)ccc1N)c1ccc(-c2cn(C3=CCC4C(=O)N(CC)C(=O)c5cccc3c54)nn2)cc1OCCOC. The molecule has 4 aromatic carbocycles. The fourth-order valence-electron chi connectivity index (χ4n) is 8.77. The van der Waals surface area contributed by atoms with Gasteiger partial charge in [0.1, 0.15) is 42.8 Å². The van der Waals surface area contributed by atoms with Crippen LogP contribution in [0, 0.1) is 13.8 Å². The van der Waals surface area contributed by atoms with Gasteiger partial charge in [-0.25, -0.2) is 4.68 Å². The maximum atomic E-state index is 13.4. The lowest BCUT2D eigenvalue weighted by molar-refractivity contribution is -0.130. The number of allylic oxidation sites excluding steroid dienone is 1. The molecule has 5 aromatic rings. The number of hydrogen-bond donors (Lipinski definition) is 2. The highest BCUT2D eigenvalue weighted by Gasteiger charge is 2.41. The third kappa shape index (κ3) is 13.3. The summed E-state index contributed by atoms with van der Waals surface area (Å²) in [6, 6.07) is 23.4. The fraction of sp³-hybridized carbons (Fsp3) is 0.444. The molecule has 3 N–H and O–H groups in total. The Bertz CT molecular complexity index is 2580. The summed E-state index contributed by atoms with van der Waals surface area (Å²) in [4.78, 5) is 32.5. The lowest BCUT2D eigenvalue weighted by Gasteiger charge is -2.35. The van der Waals surface area contributed by atoms with Gasteiger partial charge in [0.2, 0.25) is 5.91 Å². The minimum absolute atomic E-state index is 0.0494. The number of amides is 2. The zero-order valence-electron chi connectivity index (χ0n) is 41.8. The first-order valence-corrected chi connectivity index (χ1v) is 24.6. The number of aliphatic hydroxyl groups is 1. The van der Waals surface area contributed by atoms with Crippen LogP contribution in [0.15, 0.2) is 85.1 Å². The van der Waals surface area contributed by atoms with Crippen molar-refractivity contribution >= 4 is 34.6 Å². The number of carbonyl (C=O) groups excluding carboxylic acids is 2. The first-order valence-electron chi connectivity index (χ1n) is 24.6. The highest BCUT2D eigenvalue weighted by Crippen LogP contribution is 2.42. The number of anilines is 3. The van der Waals surface area contributed by atoms with Crippen molar-refractivity contribution in [3.05, 3.63) is 113 Å². The summed E-state index contributed by atoms with van der Waals surface area (Å²) in [5.41, 5.74) is 14.9. The normalized spacial score (nSPS) is 14.1. The molecule has 2 aliphatic rings. The molecule has 1 aliphatic carbocycles. The fourth-order valence-corrected chi connectivity index (χ4v) is 8.77. The van der Waals surface area contributed by atoms with Crippen molar-refractivity contribution in [2.45, 2.75) is 46.5 Å². The Kier molecular flexibility index (Phi) is 19.2. The second kappa shape index (κ2) is 26.1. The molecule has 1 aromatic heterocycles. The van der Waals surface area contributed by atoms with Gasteiger partial charge >= 0.3 is 0 Å². The van der Waals surface area contributed by atoms with Crippen LogP contribution in [0.3, 0.4) is 0 Å². The third-order valence-electron chi connectivity index (χ3n) is 12.3. The second-order valence-electron chi connectivity index (χ2n) is 17.3. The number of carbonyl (C=O) groups is 2. The Balaban J connectivity index is 1.14. The number of nitrogen functional groups attached to an aromatic ring is 1. The highest BCUT2D eigenvalue weighted by molar-refractivity contribution is 6.13. The van der Waals surface area contributed by atoms with E-state index >= 15 is 0 Å². The number of nitrogens with zero attached hydrogens (tertiary/aromatic N) is 6. The van der Waals surface area contributed by atoms with E-state index in [0.29, 0.717) is 127 Å². The number of benzene rings is 4. The van der Waals surface area contributed by atoms with Gasteiger partial charge in [0, 0.05) is 50.0 Å². The summed E-state index contributed by atoms with van der Waals surface area (Å²) in [6.07, 6.45) is 5.25. The van der Waals surface area contributed by atoms with E-state index < -0.39 is 5.92 Å². The summed E-state index contributed by atoms with van der Waals surface area (Å²) in [7, 11) is 1.63. The van der Waals surface area contributed by atoms with Crippen molar-refractivity contribution in [2.24, 2.45) is 0 Å². The summed E-state index contributed by atoms with van der Waals surface area (Å²) >= 11 is 0. The Morgan fingerprint density at radius 1 is 0.704 bits per heavy atom. The van der Waals surface area contributed by atoms with Gasteiger partial charge < -0.3 is 53.8 Å². The van der Waals surface area contributed by atoms with Gasteiger partial charge in [-0.05, 0) is 92.8 Å². The Morgan fingerprint density at radius 2 is 1.32 bits per heavy atom. The Hall–Kier alpha value is -6.50. The van der Waals surface area contributed by atoms with Crippen LogP contribution in [-0.4, -0.2) is 149 Å². The van der Waals surface area contributed by atoms with Crippen LogP contribution in [-0.2, 0) is 23.7 Å². The summed E-state index contributed by atoms with van der Waals surface area (Å²) in [5.74, 6) is 1.05. The first kappa shape index (κ1) is 52.3. The first-order chi connectivity index (χ1) is 34.6. The molecule has 1 aliphatic heterocycles. The number of likely N-dealkylation sites (N-methyl/N-ethyl adjacent to an activating group) is 1. The molecule has 0 spiro atoms. The maximum Gasteiger partial charge on any atom is 0.260 e. The zero-order valence-corrected chi connectivity index (χ0v) is 41.8. The molecule has 2 amide bonds. The molecule has 380 valence electrons. The molecule has 17 heteroatoms. The van der Waals surface area contributed by atoms with Gasteiger partial charge in [-0.2, -0.15) is 0 Å². The standard InChI is InChI=1S/C54H69N7O10/c1-6-24-66-31-32-68-26-20-58(19-25-67-29-23-62)47-16-12-39(4)35-50(47)70-28-22-59(21-27-69-49-34-38(3)11-15-44(49)55)48-17-13-40(36-51(48)71-33-30-65-5)45-37-61(57-56-45)46-18-14-43-52-41(46)9-8-10-42(52)53(63)60(7-2)54(43)64/h8-13,15-18,34-37,43,62H,6-7,14,19-33,55H2,1-5H3. The molecule has 1 unspecified atom stereocenters. The molecular weight excluding hydrogens is 907 g/mol. The number of methoxy groups -OCH3 is 1. The molecule has 2 heterocycles. The minimum Gasteiger partial charge on any atom is -0.490 e. The molecule has 0 radical (unpaired) electrons. The number of nitrogens with two attached hydrogens (primary N) is 1. The largest absolute Gasteiger partial charge is 0.490 e. The number of rotatable bonds is 30. The molecule has 0 saturated heterocycles. The van der Waals surface area contributed by atoms with Gasteiger partial charge in [-0.3, -0.25) is 14.5 Å². The number of aromatic nitrogens is 3. The lowest BCUT2D eigenvalue weighted by Crippen LogP contribution is -2.45. The second-order valence-corrected chi connectivity index (χ2v) is 17.3. The molecule has 1 atom stereocenters. The van der Waals surface area contributed by atoms with Crippen molar-refractivity contribution in [3.63, 3.8) is 0 Å². The van der Waals surface area contributed by atoms with E-state index in [1.165, 1.54) is 4.90 Å². The molecule has 7 rings (SSSR count). The summed E-state index contributed by atoms with van der Waals surface area (Å²) < 4.78 is 43.8. The van der Waals surface area contributed by atoms with Crippen LogP contribution in [0.25, 0.3) is 17.0 Å². The molecule has 0 fully saturated rings. The smallest absolute Gasteiger partial charge is 0.260 e. The minimum atomic E-state index is -0.430. The van der Waals surface area contributed by atoms with Crippen molar-refractivity contribution in [1.29, 1.82) is 0 Å². The molecule has 0 saturated carbocycles. The van der Waals surface area contributed by atoms with Gasteiger partial charge in [0.15, 0.2) is 0 Å². The monoisotopic (exact) mass is 976 g/mol. The van der Waals surface area contributed by atoms with Crippen molar-refractivity contribution in [1.82, 2.24) is 19.9 Å². The average molecular weight is 976 g/mol. The van der Waals surface area contributed by atoms with Crippen LogP contribution >= 0.6 is 0 Å². The van der Waals surface area contributed by atoms with E-state index in [0.717, 1.165) is 57.1 Å². The van der Waals surface area contributed by atoms with Crippen LogP contribution < -0.4 is 29.7 Å². The predicted molar refractivity (Wildman–Crippen MR) is 274 cm³/mol. The topological polar surface area (TPSA) is 185 Å². The van der Waals surface area contributed by atoms with E-state index in [2.05, 4.69) is 39.2 Å². The maximum absolute atomic E-state index is 13.4. The van der Waals surface area contributed by atoms with Gasteiger partial charge in [0.05, 0.1) is 94.2 Å². The van der Waals surface area contributed by atoms with E-state index in [1.807, 2.05) is 87.6 Å². The van der Waals surface area contributed by atoms with Crippen LogP contribution in [0.1, 0.15) is 65.2 Å². The van der Waals surface area contributed by atoms with Crippen molar-refractivity contribution in [2.75, 3.05) is 128 Å². The van der Waals surface area contributed by atoms with Crippen LogP contribution in [0.4, 0.5) is 17.1 Å². The summed E-state index contributed by atoms with van der Waals surface area (Å²) in [6.45, 7) is 14.5. The molecule has 17 nitrogen and oxygen atoms in total. The van der Waals surface area contributed by atoms with Gasteiger partial charge in [-0.15, -0.1) is 5.10 Å². The van der Waals surface area contributed by atoms with Crippen LogP contribution in [0.2, 0.25) is 0 Å². The Labute approximate surface area is 417 Å².